The maximum atomic E-state index is 12.2. The normalized spacial score (nSPS) is 31.9. The summed E-state index contributed by atoms with van der Waals surface area (Å²) in [7, 11) is 0. The van der Waals surface area contributed by atoms with Crippen LogP contribution in [0.4, 0.5) is 4.79 Å². The van der Waals surface area contributed by atoms with Crippen LogP contribution in [0.2, 0.25) is 0 Å². The Labute approximate surface area is 125 Å². The van der Waals surface area contributed by atoms with Crippen molar-refractivity contribution >= 4 is 23.2 Å². The number of nitrogens with one attached hydrogen (secondary N) is 1. The van der Waals surface area contributed by atoms with E-state index in [1.807, 2.05) is 4.90 Å². The van der Waals surface area contributed by atoms with Gasteiger partial charge in [-0.3, -0.25) is 4.90 Å². The lowest BCUT2D eigenvalue weighted by Gasteiger charge is -2.45. The number of urea groups is 1. The standard InChI is InChI=1S/C14H23N3O2S/c18-14-15-13(20)11-3-1-2-4-12(11)17(14)6-5-16-7-9-19-10-8-16/h11-12H,1-10H2,(H,15,18,20). The number of hydrogen-bond donors (Lipinski definition) is 1. The molecule has 3 fully saturated rings. The topological polar surface area (TPSA) is 44.8 Å². The summed E-state index contributed by atoms with van der Waals surface area (Å²) in [5.74, 6) is 0.376. The van der Waals surface area contributed by atoms with Gasteiger partial charge in [-0.25, -0.2) is 4.79 Å². The van der Waals surface area contributed by atoms with Gasteiger partial charge in [0, 0.05) is 38.1 Å². The van der Waals surface area contributed by atoms with Crippen molar-refractivity contribution in [2.24, 2.45) is 5.92 Å². The SMILES string of the molecule is O=C1NC(=S)C2CCCCC2N1CCN1CCOCC1. The lowest BCUT2D eigenvalue weighted by Crippen LogP contribution is -2.61. The molecule has 2 saturated heterocycles. The number of hydrogen-bond acceptors (Lipinski definition) is 4. The van der Waals surface area contributed by atoms with E-state index in [1.54, 1.807) is 0 Å². The van der Waals surface area contributed by atoms with Gasteiger partial charge in [0.2, 0.25) is 0 Å². The molecule has 1 saturated carbocycles. The number of amides is 2. The van der Waals surface area contributed by atoms with Crippen LogP contribution < -0.4 is 5.32 Å². The Morgan fingerprint density at radius 3 is 2.75 bits per heavy atom. The average Bonchev–Trinajstić information content (AvgIpc) is 2.48. The minimum atomic E-state index is 0.00593. The van der Waals surface area contributed by atoms with E-state index >= 15 is 0 Å². The monoisotopic (exact) mass is 297 g/mol. The van der Waals surface area contributed by atoms with Crippen LogP contribution in [0.25, 0.3) is 0 Å². The Bertz CT molecular complexity index is 385. The summed E-state index contributed by atoms with van der Waals surface area (Å²) in [6, 6.07) is 0.331. The molecule has 2 heterocycles. The van der Waals surface area contributed by atoms with Crippen LogP contribution in [0.3, 0.4) is 0 Å². The van der Waals surface area contributed by atoms with Crippen LogP contribution in [0.5, 0.6) is 0 Å². The molecule has 2 unspecified atom stereocenters. The first kappa shape index (κ1) is 14.2. The number of morpholine rings is 1. The summed E-state index contributed by atoms with van der Waals surface area (Å²) in [5.41, 5.74) is 0. The molecule has 1 aliphatic carbocycles. The zero-order valence-corrected chi connectivity index (χ0v) is 12.7. The van der Waals surface area contributed by atoms with Crippen LogP contribution in [0.15, 0.2) is 0 Å². The molecule has 0 bridgehead atoms. The number of thiocarbonyl (C=S) groups is 1. The fourth-order valence-corrected chi connectivity index (χ4v) is 3.91. The van der Waals surface area contributed by atoms with Gasteiger partial charge in [-0.1, -0.05) is 25.1 Å². The fourth-order valence-electron chi connectivity index (χ4n) is 3.55. The minimum Gasteiger partial charge on any atom is -0.379 e. The highest BCUT2D eigenvalue weighted by Crippen LogP contribution is 2.31. The highest BCUT2D eigenvalue weighted by Gasteiger charge is 2.40. The summed E-state index contributed by atoms with van der Waals surface area (Å²) in [5, 5.41) is 2.89. The number of rotatable bonds is 3. The van der Waals surface area contributed by atoms with Crippen molar-refractivity contribution in [3.63, 3.8) is 0 Å². The Hall–Kier alpha value is -0.720. The third kappa shape index (κ3) is 2.97. The summed E-state index contributed by atoms with van der Waals surface area (Å²) < 4.78 is 5.36. The number of carbonyl (C=O) groups excluding carboxylic acids is 1. The quantitative estimate of drug-likeness (QED) is 0.796. The maximum absolute atomic E-state index is 12.2. The van der Waals surface area contributed by atoms with Crippen LogP contribution in [-0.4, -0.2) is 66.3 Å². The van der Waals surface area contributed by atoms with E-state index in [1.165, 1.54) is 12.8 Å². The van der Waals surface area contributed by atoms with Gasteiger partial charge in [-0.2, -0.15) is 0 Å². The molecule has 1 N–H and O–H groups in total. The first-order valence-electron chi connectivity index (χ1n) is 7.67. The van der Waals surface area contributed by atoms with E-state index in [2.05, 4.69) is 10.2 Å². The maximum Gasteiger partial charge on any atom is 0.322 e. The second-order valence-electron chi connectivity index (χ2n) is 5.90. The van der Waals surface area contributed by atoms with Crippen LogP contribution in [-0.2, 0) is 4.74 Å². The summed E-state index contributed by atoms with van der Waals surface area (Å²) in [6.45, 7) is 5.30. The minimum absolute atomic E-state index is 0.00593. The molecule has 3 rings (SSSR count). The third-order valence-electron chi connectivity index (χ3n) is 4.72. The molecule has 0 aromatic carbocycles. The Morgan fingerprint density at radius 2 is 1.95 bits per heavy atom. The van der Waals surface area contributed by atoms with E-state index in [4.69, 9.17) is 17.0 Å². The molecule has 0 aromatic heterocycles. The number of fused-ring (bicyclic) bond motifs is 1. The molecule has 112 valence electrons. The van der Waals surface area contributed by atoms with Crippen molar-refractivity contribution in [2.45, 2.75) is 31.7 Å². The molecule has 3 aliphatic rings. The van der Waals surface area contributed by atoms with Crippen molar-refractivity contribution in [1.82, 2.24) is 15.1 Å². The zero-order valence-electron chi connectivity index (χ0n) is 11.8. The van der Waals surface area contributed by atoms with Gasteiger partial charge in [0.15, 0.2) is 0 Å². The molecule has 0 spiro atoms. The summed E-state index contributed by atoms with van der Waals surface area (Å²) in [6.07, 6.45) is 4.67. The number of carbonyl (C=O) groups is 1. The second-order valence-corrected chi connectivity index (χ2v) is 6.34. The zero-order chi connectivity index (χ0) is 13.9. The highest BCUT2D eigenvalue weighted by atomic mass is 32.1. The van der Waals surface area contributed by atoms with Crippen LogP contribution >= 0.6 is 12.2 Å². The van der Waals surface area contributed by atoms with Gasteiger partial charge >= 0.3 is 6.03 Å². The van der Waals surface area contributed by atoms with E-state index in [0.717, 1.165) is 57.2 Å². The molecule has 20 heavy (non-hydrogen) atoms. The Balaban J connectivity index is 1.60. The van der Waals surface area contributed by atoms with E-state index in [0.29, 0.717) is 12.0 Å². The predicted octanol–water partition coefficient (Wildman–Crippen LogP) is 1.23. The first-order chi connectivity index (χ1) is 9.75. The van der Waals surface area contributed by atoms with Gasteiger partial charge in [0.1, 0.15) is 0 Å². The molecule has 0 aromatic rings. The van der Waals surface area contributed by atoms with Gasteiger partial charge in [0.25, 0.3) is 0 Å². The predicted molar refractivity (Wildman–Crippen MR) is 80.8 cm³/mol. The van der Waals surface area contributed by atoms with Crippen molar-refractivity contribution in [3.05, 3.63) is 0 Å². The van der Waals surface area contributed by atoms with E-state index < -0.39 is 0 Å². The van der Waals surface area contributed by atoms with Crippen molar-refractivity contribution in [3.8, 4) is 0 Å². The van der Waals surface area contributed by atoms with E-state index in [-0.39, 0.29) is 6.03 Å². The molecule has 2 amide bonds. The average molecular weight is 297 g/mol. The number of nitrogens with zero attached hydrogens (tertiary/aromatic N) is 2. The second kappa shape index (κ2) is 6.37. The molecule has 0 radical (unpaired) electrons. The van der Waals surface area contributed by atoms with Crippen LogP contribution in [0.1, 0.15) is 25.7 Å². The third-order valence-corrected chi connectivity index (χ3v) is 5.12. The van der Waals surface area contributed by atoms with Gasteiger partial charge in [-0.15, -0.1) is 0 Å². The lowest BCUT2D eigenvalue weighted by molar-refractivity contribution is 0.0309. The molecule has 5 nitrogen and oxygen atoms in total. The van der Waals surface area contributed by atoms with Gasteiger partial charge < -0.3 is 15.0 Å². The molecule has 2 atom stereocenters. The molecular formula is C14H23N3O2S. The lowest BCUT2D eigenvalue weighted by atomic mass is 9.82. The van der Waals surface area contributed by atoms with Crippen LogP contribution in [0, 0.1) is 5.92 Å². The summed E-state index contributed by atoms with van der Waals surface area (Å²) in [4.78, 5) is 17.4. The highest BCUT2D eigenvalue weighted by molar-refractivity contribution is 7.80. The van der Waals surface area contributed by atoms with Crippen molar-refractivity contribution < 1.29 is 9.53 Å². The first-order valence-corrected chi connectivity index (χ1v) is 8.08. The molecular weight excluding hydrogens is 274 g/mol. The van der Waals surface area contributed by atoms with E-state index in [9.17, 15) is 4.79 Å². The Morgan fingerprint density at radius 1 is 1.20 bits per heavy atom. The van der Waals surface area contributed by atoms with Gasteiger partial charge in [0.05, 0.1) is 18.2 Å². The molecule has 2 aliphatic heterocycles. The van der Waals surface area contributed by atoms with Gasteiger partial charge in [-0.05, 0) is 12.8 Å². The largest absolute Gasteiger partial charge is 0.379 e. The summed E-state index contributed by atoms with van der Waals surface area (Å²) >= 11 is 5.36. The van der Waals surface area contributed by atoms with Crippen molar-refractivity contribution in [1.29, 1.82) is 0 Å². The number of ether oxygens (including phenoxy) is 1. The fraction of sp³-hybridized carbons (Fsp3) is 0.857. The van der Waals surface area contributed by atoms with Crippen molar-refractivity contribution in [2.75, 3.05) is 39.4 Å². The Kier molecular flexibility index (Phi) is 4.53. The molecule has 6 heteroatoms. The smallest absolute Gasteiger partial charge is 0.322 e.